The van der Waals surface area contributed by atoms with E-state index in [1.54, 1.807) is 13.1 Å². The molecule has 0 aliphatic rings. The van der Waals surface area contributed by atoms with Crippen LogP contribution in [0.25, 0.3) is 32.9 Å². The molecule has 0 fully saturated rings. The summed E-state index contributed by atoms with van der Waals surface area (Å²) in [6.07, 6.45) is 5.53. The SMILES string of the molecule is CC(=O)CCCCC[C@H](NC(=O)c1nccc2ccccc12)C(=O)NCCc1c(-c2ccccc2)[nH]c2ccccc12. The van der Waals surface area contributed by atoms with Gasteiger partial charge in [-0.1, -0.05) is 85.6 Å². The van der Waals surface area contributed by atoms with Crippen molar-refractivity contribution in [3.8, 4) is 11.3 Å². The molecule has 0 aliphatic carbocycles. The number of aromatic nitrogens is 2. The Hall–Kier alpha value is -4.78. The molecule has 1 atom stereocenters. The highest BCUT2D eigenvalue weighted by atomic mass is 16.2. The van der Waals surface area contributed by atoms with E-state index in [1.165, 1.54) is 0 Å². The summed E-state index contributed by atoms with van der Waals surface area (Å²) in [6.45, 7) is 2.01. The Morgan fingerprint density at radius 3 is 2.38 bits per heavy atom. The zero-order valence-corrected chi connectivity index (χ0v) is 23.9. The van der Waals surface area contributed by atoms with Gasteiger partial charge in [0.25, 0.3) is 5.91 Å². The first-order valence-electron chi connectivity index (χ1n) is 14.6. The molecule has 0 bridgehead atoms. The summed E-state index contributed by atoms with van der Waals surface area (Å²) in [7, 11) is 0. The fourth-order valence-corrected chi connectivity index (χ4v) is 5.44. The zero-order valence-electron chi connectivity index (χ0n) is 23.9. The zero-order chi connectivity index (χ0) is 29.3. The summed E-state index contributed by atoms with van der Waals surface area (Å²) in [5.41, 5.74) is 4.63. The van der Waals surface area contributed by atoms with E-state index in [4.69, 9.17) is 0 Å². The third-order valence-corrected chi connectivity index (χ3v) is 7.58. The van der Waals surface area contributed by atoms with Crippen molar-refractivity contribution in [2.45, 2.75) is 51.5 Å². The molecule has 3 N–H and O–H groups in total. The van der Waals surface area contributed by atoms with Gasteiger partial charge in [0.2, 0.25) is 5.91 Å². The number of fused-ring (bicyclic) bond motifs is 2. The second kappa shape index (κ2) is 13.7. The molecule has 7 heteroatoms. The molecule has 2 heterocycles. The normalized spacial score (nSPS) is 11.8. The smallest absolute Gasteiger partial charge is 0.271 e. The molecule has 0 radical (unpaired) electrons. The maximum atomic E-state index is 13.5. The number of H-pyrrole nitrogens is 1. The molecule has 0 spiro atoms. The molecule has 0 aliphatic heterocycles. The minimum Gasteiger partial charge on any atom is -0.354 e. The van der Waals surface area contributed by atoms with Gasteiger partial charge in [0.05, 0.1) is 0 Å². The lowest BCUT2D eigenvalue weighted by molar-refractivity contribution is -0.123. The quantitative estimate of drug-likeness (QED) is 0.145. The average molecular weight is 561 g/mol. The van der Waals surface area contributed by atoms with Crippen LogP contribution < -0.4 is 10.6 Å². The Kier molecular flexibility index (Phi) is 9.39. The lowest BCUT2D eigenvalue weighted by Crippen LogP contribution is -2.47. The number of carbonyl (C=O) groups excluding carboxylic acids is 3. The van der Waals surface area contributed by atoms with Crippen LogP contribution >= 0.6 is 0 Å². The van der Waals surface area contributed by atoms with E-state index in [1.807, 2.05) is 60.7 Å². The molecule has 7 nitrogen and oxygen atoms in total. The third-order valence-electron chi connectivity index (χ3n) is 7.58. The molecule has 0 saturated heterocycles. The lowest BCUT2D eigenvalue weighted by Gasteiger charge is -2.19. The summed E-state index contributed by atoms with van der Waals surface area (Å²) < 4.78 is 0. The van der Waals surface area contributed by atoms with Crippen molar-refractivity contribution < 1.29 is 14.4 Å². The van der Waals surface area contributed by atoms with Gasteiger partial charge in [0, 0.05) is 41.1 Å². The fourth-order valence-electron chi connectivity index (χ4n) is 5.44. The van der Waals surface area contributed by atoms with Gasteiger partial charge >= 0.3 is 0 Å². The van der Waals surface area contributed by atoms with Crippen LogP contribution in [0.3, 0.4) is 0 Å². The predicted molar refractivity (Wildman–Crippen MR) is 167 cm³/mol. The monoisotopic (exact) mass is 560 g/mol. The van der Waals surface area contributed by atoms with Gasteiger partial charge in [-0.05, 0) is 54.8 Å². The molecule has 0 saturated carbocycles. The Labute approximate surface area is 245 Å². The maximum absolute atomic E-state index is 13.5. The van der Waals surface area contributed by atoms with Crippen molar-refractivity contribution in [1.29, 1.82) is 0 Å². The number of pyridine rings is 1. The standard InChI is InChI=1S/C35H36N4O3/c1-24(40)12-4-2-7-19-31(39-35(42)33-27-16-9-8-13-25(27)20-22-36-33)34(41)37-23-21-29-28-17-10-11-18-30(28)38-32(29)26-14-5-3-6-15-26/h3,5-6,8-11,13-18,20,22,31,38H,2,4,7,12,19,21,23H2,1H3,(H,37,41)(H,39,42)/t31-/m0/s1. The number of hydrogen-bond donors (Lipinski definition) is 3. The topological polar surface area (TPSA) is 104 Å². The Balaban J connectivity index is 1.30. The number of carbonyl (C=O) groups is 3. The van der Waals surface area contributed by atoms with Crippen LogP contribution in [0, 0.1) is 0 Å². The molecular weight excluding hydrogens is 524 g/mol. The van der Waals surface area contributed by atoms with Gasteiger partial charge < -0.3 is 20.4 Å². The molecular formula is C35H36N4O3. The number of Topliss-reactive ketones (excluding diaryl/α,β-unsaturated/α-hetero) is 1. The van der Waals surface area contributed by atoms with Gasteiger partial charge in [-0.25, -0.2) is 0 Å². The predicted octanol–water partition coefficient (Wildman–Crippen LogP) is 6.38. The van der Waals surface area contributed by atoms with Gasteiger partial charge in [0.1, 0.15) is 17.5 Å². The molecule has 2 aromatic heterocycles. The summed E-state index contributed by atoms with van der Waals surface area (Å²) in [5, 5.41) is 8.81. The first-order valence-corrected chi connectivity index (χ1v) is 14.6. The second-order valence-electron chi connectivity index (χ2n) is 10.6. The number of para-hydroxylation sites is 1. The van der Waals surface area contributed by atoms with E-state index in [0.717, 1.165) is 57.8 Å². The first-order chi connectivity index (χ1) is 20.5. The van der Waals surface area contributed by atoms with Crippen molar-refractivity contribution >= 4 is 39.3 Å². The average Bonchev–Trinajstić information content (AvgIpc) is 3.38. The van der Waals surface area contributed by atoms with Crippen molar-refractivity contribution in [2.75, 3.05) is 6.54 Å². The molecule has 42 heavy (non-hydrogen) atoms. The number of ketones is 1. The third kappa shape index (κ3) is 6.92. The van der Waals surface area contributed by atoms with Crippen LogP contribution in [0.1, 0.15) is 55.1 Å². The minimum atomic E-state index is -0.716. The highest BCUT2D eigenvalue weighted by Gasteiger charge is 2.23. The number of aromatic amines is 1. The van der Waals surface area contributed by atoms with Crippen molar-refractivity contribution in [2.24, 2.45) is 0 Å². The maximum Gasteiger partial charge on any atom is 0.271 e. The van der Waals surface area contributed by atoms with Crippen molar-refractivity contribution in [3.63, 3.8) is 0 Å². The van der Waals surface area contributed by atoms with E-state index in [2.05, 4.69) is 44.9 Å². The van der Waals surface area contributed by atoms with Gasteiger partial charge in [-0.2, -0.15) is 0 Å². The van der Waals surface area contributed by atoms with E-state index in [-0.39, 0.29) is 17.6 Å². The summed E-state index contributed by atoms with van der Waals surface area (Å²) in [5.74, 6) is -0.443. The Morgan fingerprint density at radius 1 is 0.833 bits per heavy atom. The highest BCUT2D eigenvalue weighted by Crippen LogP contribution is 2.30. The van der Waals surface area contributed by atoms with Crippen molar-refractivity contribution in [1.82, 2.24) is 20.6 Å². The number of benzene rings is 3. The number of unbranched alkanes of at least 4 members (excludes halogenated alkanes) is 2. The summed E-state index contributed by atoms with van der Waals surface area (Å²) in [6, 6.07) is 27.1. The highest BCUT2D eigenvalue weighted by molar-refractivity contribution is 6.06. The lowest BCUT2D eigenvalue weighted by atomic mass is 10.0. The number of hydrogen-bond acceptors (Lipinski definition) is 4. The van der Waals surface area contributed by atoms with E-state index < -0.39 is 6.04 Å². The number of nitrogens with one attached hydrogen (secondary N) is 3. The minimum absolute atomic E-state index is 0.159. The van der Waals surface area contributed by atoms with Gasteiger partial charge in [-0.15, -0.1) is 0 Å². The number of nitrogens with zero attached hydrogens (tertiary/aromatic N) is 1. The summed E-state index contributed by atoms with van der Waals surface area (Å²) in [4.78, 5) is 46.1. The van der Waals surface area contributed by atoms with Crippen LogP contribution in [0.4, 0.5) is 0 Å². The van der Waals surface area contributed by atoms with Gasteiger partial charge in [-0.3, -0.25) is 14.6 Å². The van der Waals surface area contributed by atoms with Crippen molar-refractivity contribution in [3.05, 3.63) is 102 Å². The Bertz CT molecular complexity index is 1690. The van der Waals surface area contributed by atoms with E-state index >= 15 is 0 Å². The number of amides is 2. The van der Waals surface area contributed by atoms with Crippen LogP contribution in [0.5, 0.6) is 0 Å². The summed E-state index contributed by atoms with van der Waals surface area (Å²) >= 11 is 0. The molecule has 2 amide bonds. The number of rotatable bonds is 13. The molecule has 5 aromatic rings. The van der Waals surface area contributed by atoms with Crippen LogP contribution in [0.15, 0.2) is 91.1 Å². The molecule has 5 rings (SSSR count). The Morgan fingerprint density at radius 2 is 1.57 bits per heavy atom. The first kappa shape index (κ1) is 28.7. The second-order valence-corrected chi connectivity index (χ2v) is 10.6. The van der Waals surface area contributed by atoms with E-state index in [9.17, 15) is 14.4 Å². The van der Waals surface area contributed by atoms with E-state index in [0.29, 0.717) is 31.5 Å². The van der Waals surface area contributed by atoms with Crippen LogP contribution in [-0.4, -0.2) is 40.2 Å². The molecule has 214 valence electrons. The molecule has 3 aromatic carbocycles. The largest absolute Gasteiger partial charge is 0.354 e. The van der Waals surface area contributed by atoms with Gasteiger partial charge in [0.15, 0.2) is 0 Å². The van der Waals surface area contributed by atoms with Crippen LogP contribution in [-0.2, 0) is 16.0 Å². The van der Waals surface area contributed by atoms with Crippen LogP contribution in [0.2, 0.25) is 0 Å². The molecule has 0 unspecified atom stereocenters. The fraction of sp³-hybridized carbons (Fsp3) is 0.257.